The van der Waals surface area contributed by atoms with Crippen LogP contribution in [0.2, 0.25) is 5.02 Å². The van der Waals surface area contributed by atoms with Gasteiger partial charge in [-0.15, -0.1) is 0 Å². The third-order valence-electron chi connectivity index (χ3n) is 5.30. The van der Waals surface area contributed by atoms with Crippen LogP contribution in [0.25, 0.3) is 11.0 Å². The van der Waals surface area contributed by atoms with Crippen LogP contribution in [0, 0.1) is 0 Å². The molecule has 164 valence electrons. The van der Waals surface area contributed by atoms with Crippen molar-refractivity contribution in [3.8, 4) is 11.5 Å². The molecule has 0 spiro atoms. The number of imidazole rings is 1. The first-order valence-electron chi connectivity index (χ1n) is 10.3. The Morgan fingerprint density at radius 3 is 2.53 bits per heavy atom. The topological polar surface area (TPSA) is 65.4 Å². The minimum atomic E-state index is -0.181. The van der Waals surface area contributed by atoms with E-state index < -0.39 is 0 Å². The minimum Gasteiger partial charge on any atom is -0.493 e. The van der Waals surface area contributed by atoms with E-state index in [1.807, 2.05) is 48.5 Å². The van der Waals surface area contributed by atoms with Crippen molar-refractivity contribution in [2.45, 2.75) is 13.0 Å². The number of fused-ring (bicyclic) bond motifs is 1. The summed E-state index contributed by atoms with van der Waals surface area (Å²) >= 11 is 6.39. The molecule has 1 amide bonds. The first-order chi connectivity index (χ1) is 15.6. The van der Waals surface area contributed by atoms with Gasteiger partial charge in [-0.1, -0.05) is 41.9 Å². The van der Waals surface area contributed by atoms with E-state index in [2.05, 4.69) is 9.88 Å². The number of carbonyl (C=O) groups is 1. The molecular weight excluding hydrogens is 426 g/mol. The molecule has 0 atom stereocenters. The summed E-state index contributed by atoms with van der Waals surface area (Å²) in [7, 11) is 3.11. The summed E-state index contributed by atoms with van der Waals surface area (Å²) in [4.78, 5) is 17.4. The highest BCUT2D eigenvalue weighted by Crippen LogP contribution is 2.27. The molecule has 0 fully saturated rings. The Balaban J connectivity index is 1.51. The molecule has 32 heavy (non-hydrogen) atoms. The smallest absolute Gasteiger partial charge is 0.251 e. The number of amides is 1. The number of benzene rings is 3. The maximum Gasteiger partial charge on any atom is 0.251 e. The van der Waals surface area contributed by atoms with Crippen LogP contribution >= 0.6 is 11.6 Å². The van der Waals surface area contributed by atoms with Crippen molar-refractivity contribution in [3.63, 3.8) is 0 Å². The normalized spacial score (nSPS) is 10.8. The number of hydrogen-bond acceptors (Lipinski definition) is 4. The minimum absolute atomic E-state index is 0.181. The SMILES string of the molecule is COc1ccc(C(=O)NCCc2nc3ccccc3n2Cc2ccccc2Cl)cc1OC. The van der Waals surface area contributed by atoms with Crippen molar-refractivity contribution in [2.75, 3.05) is 20.8 Å². The van der Waals surface area contributed by atoms with Crippen LogP contribution in [-0.2, 0) is 13.0 Å². The van der Waals surface area contributed by atoms with E-state index in [1.165, 1.54) is 0 Å². The molecular formula is C25H24ClN3O3. The molecule has 0 radical (unpaired) electrons. The number of aromatic nitrogens is 2. The Morgan fingerprint density at radius 1 is 1.00 bits per heavy atom. The quantitative estimate of drug-likeness (QED) is 0.422. The lowest BCUT2D eigenvalue weighted by molar-refractivity contribution is 0.0953. The van der Waals surface area contributed by atoms with E-state index in [0.29, 0.717) is 36.6 Å². The summed E-state index contributed by atoms with van der Waals surface area (Å²) in [6, 6.07) is 20.9. The van der Waals surface area contributed by atoms with Crippen LogP contribution in [0.1, 0.15) is 21.7 Å². The molecule has 7 heteroatoms. The highest BCUT2D eigenvalue weighted by molar-refractivity contribution is 6.31. The fraction of sp³-hybridized carbons (Fsp3) is 0.200. The number of nitrogens with one attached hydrogen (secondary N) is 1. The molecule has 0 saturated carbocycles. The molecule has 0 bridgehead atoms. The van der Waals surface area contributed by atoms with Gasteiger partial charge in [0.05, 0.1) is 31.8 Å². The third-order valence-corrected chi connectivity index (χ3v) is 5.67. The molecule has 4 rings (SSSR count). The van der Waals surface area contributed by atoms with Crippen LogP contribution < -0.4 is 14.8 Å². The Morgan fingerprint density at radius 2 is 1.75 bits per heavy atom. The van der Waals surface area contributed by atoms with Crippen LogP contribution in [0.5, 0.6) is 11.5 Å². The van der Waals surface area contributed by atoms with Gasteiger partial charge in [-0.3, -0.25) is 4.79 Å². The molecule has 1 N–H and O–H groups in total. The van der Waals surface area contributed by atoms with Crippen LogP contribution in [0.3, 0.4) is 0 Å². The van der Waals surface area contributed by atoms with Crippen molar-refractivity contribution < 1.29 is 14.3 Å². The average Bonchev–Trinajstić information content (AvgIpc) is 3.17. The van der Waals surface area contributed by atoms with E-state index in [1.54, 1.807) is 32.4 Å². The summed E-state index contributed by atoms with van der Waals surface area (Å²) in [6.07, 6.45) is 0.582. The molecule has 0 aliphatic heterocycles. The molecule has 0 saturated heterocycles. The van der Waals surface area contributed by atoms with E-state index in [0.717, 1.165) is 27.4 Å². The summed E-state index contributed by atoms with van der Waals surface area (Å²) < 4.78 is 12.7. The summed E-state index contributed by atoms with van der Waals surface area (Å²) in [5, 5.41) is 3.69. The van der Waals surface area contributed by atoms with Crippen LogP contribution in [0.4, 0.5) is 0 Å². The van der Waals surface area contributed by atoms with Gasteiger partial charge in [-0.25, -0.2) is 4.98 Å². The zero-order valence-corrected chi connectivity index (χ0v) is 18.7. The Labute approximate surface area is 191 Å². The molecule has 6 nitrogen and oxygen atoms in total. The molecule has 0 aliphatic rings. The monoisotopic (exact) mass is 449 g/mol. The summed E-state index contributed by atoms with van der Waals surface area (Å²) in [5.74, 6) is 1.80. The molecule has 1 aromatic heterocycles. The number of para-hydroxylation sites is 2. The Kier molecular flexibility index (Phi) is 6.61. The lowest BCUT2D eigenvalue weighted by Gasteiger charge is -2.12. The first kappa shape index (κ1) is 21.7. The second kappa shape index (κ2) is 9.75. The predicted octanol–water partition coefficient (Wildman–Crippen LogP) is 4.73. The lowest BCUT2D eigenvalue weighted by atomic mass is 10.2. The Bertz CT molecular complexity index is 1250. The second-order valence-electron chi connectivity index (χ2n) is 7.27. The molecule has 1 heterocycles. The largest absolute Gasteiger partial charge is 0.493 e. The average molecular weight is 450 g/mol. The van der Waals surface area contributed by atoms with E-state index in [4.69, 9.17) is 26.1 Å². The number of carbonyl (C=O) groups excluding carboxylic acids is 1. The number of hydrogen-bond donors (Lipinski definition) is 1. The zero-order valence-electron chi connectivity index (χ0n) is 18.0. The molecule has 4 aromatic rings. The maximum absolute atomic E-state index is 12.6. The van der Waals surface area contributed by atoms with Gasteiger partial charge in [0.1, 0.15) is 5.82 Å². The van der Waals surface area contributed by atoms with Gasteiger partial charge in [-0.2, -0.15) is 0 Å². The lowest BCUT2D eigenvalue weighted by Crippen LogP contribution is -2.26. The van der Waals surface area contributed by atoms with Crippen molar-refractivity contribution in [1.29, 1.82) is 0 Å². The predicted molar refractivity (Wildman–Crippen MR) is 126 cm³/mol. The van der Waals surface area contributed by atoms with Gasteiger partial charge in [0, 0.05) is 23.6 Å². The van der Waals surface area contributed by atoms with Gasteiger partial charge in [0.15, 0.2) is 11.5 Å². The van der Waals surface area contributed by atoms with Gasteiger partial charge >= 0.3 is 0 Å². The molecule has 0 unspecified atom stereocenters. The van der Waals surface area contributed by atoms with Crippen molar-refractivity contribution >= 4 is 28.5 Å². The van der Waals surface area contributed by atoms with Crippen molar-refractivity contribution in [3.05, 3.63) is 88.7 Å². The fourth-order valence-corrected chi connectivity index (χ4v) is 3.85. The standard InChI is InChI=1S/C25H24ClN3O3/c1-31-22-12-11-17(15-23(22)32-2)25(30)27-14-13-24-28-20-9-5-6-10-21(20)29(24)16-18-7-3-4-8-19(18)26/h3-12,15H,13-14,16H2,1-2H3,(H,27,30). The first-order valence-corrected chi connectivity index (χ1v) is 10.7. The highest BCUT2D eigenvalue weighted by atomic mass is 35.5. The molecule has 3 aromatic carbocycles. The highest BCUT2D eigenvalue weighted by Gasteiger charge is 2.14. The van der Waals surface area contributed by atoms with Gasteiger partial charge in [-0.05, 0) is 42.0 Å². The van der Waals surface area contributed by atoms with Gasteiger partial charge < -0.3 is 19.4 Å². The Hall–Kier alpha value is -3.51. The number of nitrogens with zero attached hydrogens (tertiary/aromatic N) is 2. The van der Waals surface area contributed by atoms with E-state index >= 15 is 0 Å². The fourth-order valence-electron chi connectivity index (χ4n) is 3.66. The van der Waals surface area contributed by atoms with E-state index in [9.17, 15) is 4.79 Å². The van der Waals surface area contributed by atoms with Crippen LogP contribution in [0.15, 0.2) is 66.7 Å². The number of rotatable bonds is 8. The van der Waals surface area contributed by atoms with E-state index in [-0.39, 0.29) is 5.91 Å². The number of ether oxygens (including phenoxy) is 2. The van der Waals surface area contributed by atoms with Crippen molar-refractivity contribution in [2.24, 2.45) is 0 Å². The van der Waals surface area contributed by atoms with Gasteiger partial charge in [0.25, 0.3) is 5.91 Å². The summed E-state index contributed by atoms with van der Waals surface area (Å²) in [6.45, 7) is 1.05. The summed E-state index contributed by atoms with van der Waals surface area (Å²) in [5.41, 5.74) is 3.48. The van der Waals surface area contributed by atoms with Gasteiger partial charge in [0.2, 0.25) is 0 Å². The number of halogens is 1. The third kappa shape index (κ3) is 4.55. The zero-order chi connectivity index (χ0) is 22.5. The molecule has 0 aliphatic carbocycles. The number of methoxy groups -OCH3 is 2. The maximum atomic E-state index is 12.6. The van der Waals surface area contributed by atoms with Crippen molar-refractivity contribution in [1.82, 2.24) is 14.9 Å². The van der Waals surface area contributed by atoms with Crippen LogP contribution in [-0.4, -0.2) is 36.2 Å². The second-order valence-corrected chi connectivity index (χ2v) is 7.68.